The Labute approximate surface area is 110 Å². The number of carbonyl (C=O) groups is 1. The summed E-state index contributed by atoms with van der Waals surface area (Å²) in [5.74, 6) is 0.268. The summed E-state index contributed by atoms with van der Waals surface area (Å²) in [4.78, 5) is 14.8. The minimum Gasteiger partial charge on any atom is -0.375 e. The van der Waals surface area contributed by atoms with Crippen molar-refractivity contribution in [2.24, 2.45) is 0 Å². The summed E-state index contributed by atoms with van der Waals surface area (Å²) in [5.41, 5.74) is -0.358. The molecule has 3 atom stereocenters. The van der Waals surface area contributed by atoms with Gasteiger partial charge in [0.2, 0.25) is 5.91 Å². The molecule has 2 aliphatic heterocycles. The van der Waals surface area contributed by atoms with Crippen molar-refractivity contribution in [3.8, 4) is 0 Å². The van der Waals surface area contributed by atoms with Crippen molar-refractivity contribution in [1.29, 1.82) is 0 Å². The molecule has 2 saturated heterocycles. The largest absolute Gasteiger partial charge is 0.375 e. The van der Waals surface area contributed by atoms with Gasteiger partial charge < -0.3 is 15.0 Å². The molecule has 0 bridgehead atoms. The fourth-order valence-corrected chi connectivity index (χ4v) is 2.99. The maximum absolute atomic E-state index is 12.8. The van der Waals surface area contributed by atoms with Crippen LogP contribution in [0.3, 0.4) is 0 Å². The molecule has 3 unspecified atom stereocenters. The Morgan fingerprint density at radius 2 is 2.28 bits per heavy atom. The standard InChI is InChI=1S/C14H26N2O2/c1-4-12-10-18-11(2)9-16(12)13(17)14(3)7-5-6-8-15-14/h11-12,15H,4-10H2,1-3H3. The van der Waals surface area contributed by atoms with Crippen molar-refractivity contribution in [3.63, 3.8) is 0 Å². The monoisotopic (exact) mass is 254 g/mol. The van der Waals surface area contributed by atoms with E-state index in [4.69, 9.17) is 4.74 Å². The van der Waals surface area contributed by atoms with Gasteiger partial charge in [-0.05, 0) is 46.1 Å². The maximum atomic E-state index is 12.8. The molecular formula is C14H26N2O2. The Bertz CT molecular complexity index is 300. The van der Waals surface area contributed by atoms with Gasteiger partial charge in [-0.15, -0.1) is 0 Å². The highest BCUT2D eigenvalue weighted by molar-refractivity contribution is 5.86. The van der Waals surface area contributed by atoms with Crippen LogP contribution in [-0.2, 0) is 9.53 Å². The predicted octanol–water partition coefficient (Wildman–Crippen LogP) is 1.54. The highest BCUT2D eigenvalue weighted by Crippen LogP contribution is 2.25. The number of piperidine rings is 1. The quantitative estimate of drug-likeness (QED) is 0.813. The molecule has 0 aromatic heterocycles. The van der Waals surface area contributed by atoms with Gasteiger partial charge in [0.15, 0.2) is 0 Å². The Morgan fingerprint density at radius 1 is 1.50 bits per heavy atom. The summed E-state index contributed by atoms with van der Waals surface area (Å²) >= 11 is 0. The van der Waals surface area contributed by atoms with Gasteiger partial charge in [0.25, 0.3) is 0 Å². The van der Waals surface area contributed by atoms with Gasteiger partial charge in [-0.2, -0.15) is 0 Å². The normalized spacial score (nSPS) is 37.6. The third-order valence-corrected chi connectivity index (χ3v) is 4.29. The average molecular weight is 254 g/mol. The van der Waals surface area contributed by atoms with Gasteiger partial charge >= 0.3 is 0 Å². The smallest absolute Gasteiger partial charge is 0.243 e. The molecule has 0 aliphatic carbocycles. The van der Waals surface area contributed by atoms with E-state index < -0.39 is 0 Å². The SMILES string of the molecule is CCC1COC(C)CN1C(=O)C1(C)CCCCN1. The van der Waals surface area contributed by atoms with E-state index >= 15 is 0 Å². The first-order valence-electron chi connectivity index (χ1n) is 7.24. The van der Waals surface area contributed by atoms with Gasteiger partial charge in [0.05, 0.1) is 24.3 Å². The first-order chi connectivity index (χ1) is 8.57. The van der Waals surface area contributed by atoms with E-state index in [1.54, 1.807) is 0 Å². The fourth-order valence-electron chi connectivity index (χ4n) is 2.99. The minimum absolute atomic E-state index is 0.156. The van der Waals surface area contributed by atoms with Crippen LogP contribution in [-0.4, -0.2) is 48.2 Å². The molecule has 1 amide bonds. The van der Waals surface area contributed by atoms with Crippen LogP contribution < -0.4 is 5.32 Å². The lowest BCUT2D eigenvalue weighted by Crippen LogP contribution is -2.63. The average Bonchev–Trinajstić information content (AvgIpc) is 2.38. The van der Waals surface area contributed by atoms with Gasteiger partial charge in [0, 0.05) is 6.54 Å². The second kappa shape index (κ2) is 5.57. The number of ether oxygens (including phenoxy) is 1. The molecule has 0 spiro atoms. The Kier molecular flexibility index (Phi) is 4.28. The third-order valence-electron chi connectivity index (χ3n) is 4.29. The van der Waals surface area contributed by atoms with E-state index in [9.17, 15) is 4.79 Å². The molecule has 0 aromatic rings. The molecule has 1 N–H and O–H groups in total. The zero-order valence-electron chi connectivity index (χ0n) is 11.9. The molecule has 0 saturated carbocycles. The fraction of sp³-hybridized carbons (Fsp3) is 0.929. The third kappa shape index (κ3) is 2.69. The summed E-state index contributed by atoms with van der Waals surface area (Å²) in [7, 11) is 0. The van der Waals surface area contributed by atoms with Crippen LogP contribution in [0.15, 0.2) is 0 Å². The lowest BCUT2D eigenvalue weighted by Gasteiger charge is -2.44. The van der Waals surface area contributed by atoms with Gasteiger partial charge in [0.1, 0.15) is 0 Å². The van der Waals surface area contributed by atoms with Crippen LogP contribution in [0.4, 0.5) is 0 Å². The zero-order chi connectivity index (χ0) is 13.2. The highest BCUT2D eigenvalue weighted by atomic mass is 16.5. The summed E-state index contributed by atoms with van der Waals surface area (Å²) in [6.45, 7) is 8.60. The Morgan fingerprint density at radius 3 is 2.89 bits per heavy atom. The van der Waals surface area contributed by atoms with Gasteiger partial charge in [-0.1, -0.05) is 6.92 Å². The number of rotatable bonds is 2. The van der Waals surface area contributed by atoms with Crippen molar-refractivity contribution < 1.29 is 9.53 Å². The molecule has 104 valence electrons. The van der Waals surface area contributed by atoms with E-state index in [1.807, 2.05) is 11.8 Å². The Balaban J connectivity index is 2.09. The second-order valence-electron chi connectivity index (χ2n) is 5.88. The van der Waals surface area contributed by atoms with E-state index in [-0.39, 0.29) is 23.6 Å². The van der Waals surface area contributed by atoms with E-state index in [1.165, 1.54) is 6.42 Å². The number of amides is 1. The molecule has 4 heteroatoms. The van der Waals surface area contributed by atoms with Crippen molar-refractivity contribution in [2.45, 2.75) is 64.1 Å². The van der Waals surface area contributed by atoms with Crippen LogP contribution >= 0.6 is 0 Å². The van der Waals surface area contributed by atoms with Crippen molar-refractivity contribution in [3.05, 3.63) is 0 Å². The molecule has 4 nitrogen and oxygen atoms in total. The van der Waals surface area contributed by atoms with Crippen LogP contribution in [0, 0.1) is 0 Å². The first kappa shape index (κ1) is 13.8. The number of hydrogen-bond donors (Lipinski definition) is 1. The molecular weight excluding hydrogens is 228 g/mol. The molecule has 0 radical (unpaired) electrons. The molecule has 2 fully saturated rings. The van der Waals surface area contributed by atoms with Crippen LogP contribution in [0.25, 0.3) is 0 Å². The number of nitrogens with one attached hydrogen (secondary N) is 1. The van der Waals surface area contributed by atoms with Gasteiger partial charge in [-0.3, -0.25) is 4.79 Å². The van der Waals surface area contributed by atoms with Crippen LogP contribution in [0.1, 0.15) is 46.5 Å². The van der Waals surface area contributed by atoms with Crippen molar-refractivity contribution in [1.82, 2.24) is 10.2 Å². The zero-order valence-corrected chi connectivity index (χ0v) is 11.9. The molecule has 2 aliphatic rings. The van der Waals surface area contributed by atoms with Crippen LogP contribution in [0.2, 0.25) is 0 Å². The predicted molar refractivity (Wildman–Crippen MR) is 71.5 cm³/mol. The first-order valence-corrected chi connectivity index (χ1v) is 7.24. The summed E-state index contributed by atoms with van der Waals surface area (Å²) < 4.78 is 5.67. The van der Waals surface area contributed by atoms with Crippen molar-refractivity contribution in [2.75, 3.05) is 19.7 Å². The number of morpholine rings is 1. The van der Waals surface area contributed by atoms with E-state index in [0.717, 1.165) is 32.4 Å². The van der Waals surface area contributed by atoms with Crippen LogP contribution in [0.5, 0.6) is 0 Å². The molecule has 18 heavy (non-hydrogen) atoms. The number of nitrogens with zero attached hydrogens (tertiary/aromatic N) is 1. The maximum Gasteiger partial charge on any atom is 0.243 e. The number of hydrogen-bond acceptors (Lipinski definition) is 3. The topological polar surface area (TPSA) is 41.6 Å². The lowest BCUT2D eigenvalue weighted by molar-refractivity contribution is -0.151. The number of carbonyl (C=O) groups excluding carboxylic acids is 1. The van der Waals surface area contributed by atoms with Crippen molar-refractivity contribution >= 4 is 5.91 Å². The summed E-state index contributed by atoms with van der Waals surface area (Å²) in [6.07, 6.45) is 4.40. The molecule has 2 heterocycles. The van der Waals surface area contributed by atoms with E-state index in [2.05, 4.69) is 19.2 Å². The van der Waals surface area contributed by atoms with Gasteiger partial charge in [-0.25, -0.2) is 0 Å². The lowest BCUT2D eigenvalue weighted by atomic mass is 9.88. The highest BCUT2D eigenvalue weighted by Gasteiger charge is 2.41. The summed E-state index contributed by atoms with van der Waals surface area (Å²) in [6, 6.07) is 0.245. The minimum atomic E-state index is -0.358. The molecule has 2 rings (SSSR count). The second-order valence-corrected chi connectivity index (χ2v) is 5.88. The van der Waals surface area contributed by atoms with E-state index in [0.29, 0.717) is 6.61 Å². The Hall–Kier alpha value is -0.610. The molecule has 0 aromatic carbocycles. The summed E-state index contributed by atoms with van der Waals surface area (Å²) in [5, 5.41) is 3.42.